The number of rotatable bonds is 2. The van der Waals surface area contributed by atoms with Crippen LogP contribution in [-0.2, 0) is 6.18 Å². The lowest BCUT2D eigenvalue weighted by molar-refractivity contribution is -0.385. The van der Waals surface area contributed by atoms with Gasteiger partial charge >= 0.3 is 6.18 Å². The number of nitrogens with zero attached hydrogens (tertiary/aromatic N) is 1. The first-order chi connectivity index (χ1) is 7.66. The van der Waals surface area contributed by atoms with Crippen LogP contribution in [0.5, 0.6) is 0 Å². The fourth-order valence-corrected chi connectivity index (χ4v) is 2.11. The summed E-state index contributed by atoms with van der Waals surface area (Å²) in [5.41, 5.74) is -2.35. The molecule has 0 aromatic heterocycles. The molecule has 17 heavy (non-hydrogen) atoms. The second kappa shape index (κ2) is 4.44. The molecule has 0 radical (unpaired) electrons. The summed E-state index contributed by atoms with van der Waals surface area (Å²) < 4.78 is 36.9. The largest absolute Gasteiger partial charge is 0.417 e. The Hall–Kier alpha value is -1.44. The topological polar surface area (TPSA) is 60.2 Å². The first kappa shape index (κ1) is 13.6. The van der Waals surface area contributed by atoms with Crippen molar-refractivity contribution in [3.05, 3.63) is 37.8 Å². The quantitative estimate of drug-likeness (QED) is 0.476. The molecule has 0 aliphatic heterocycles. The lowest BCUT2D eigenvalue weighted by atomic mass is 10.1. The van der Waals surface area contributed by atoms with Crippen LogP contribution in [0, 0.1) is 10.1 Å². The van der Waals surface area contributed by atoms with E-state index in [1.165, 1.54) is 0 Å². The van der Waals surface area contributed by atoms with E-state index >= 15 is 0 Å². The molecule has 4 nitrogen and oxygen atoms in total. The molecule has 0 heterocycles. The van der Waals surface area contributed by atoms with E-state index < -0.39 is 38.2 Å². The molecule has 0 unspecified atom stereocenters. The van der Waals surface area contributed by atoms with Crippen LogP contribution < -0.4 is 0 Å². The molecule has 0 aliphatic carbocycles. The number of Topliss-reactive ketones (excluding diaryl/α,β-unsaturated/α-hetero) is 1. The molecule has 0 bridgehead atoms. The predicted molar refractivity (Wildman–Crippen MR) is 55.8 cm³/mol. The smallest absolute Gasteiger partial charge is 0.294 e. The van der Waals surface area contributed by atoms with Gasteiger partial charge in [0.05, 0.1) is 10.5 Å². The molecule has 0 amide bonds. The van der Waals surface area contributed by atoms with Crippen molar-refractivity contribution >= 4 is 27.4 Å². The van der Waals surface area contributed by atoms with Gasteiger partial charge in [0, 0.05) is 10.5 Å². The molecule has 0 saturated carbocycles. The summed E-state index contributed by atoms with van der Waals surface area (Å²) >= 11 is 2.59. The molecule has 0 spiro atoms. The van der Waals surface area contributed by atoms with E-state index in [0.29, 0.717) is 12.1 Å². The first-order valence-corrected chi connectivity index (χ1v) is 5.00. The zero-order valence-electron chi connectivity index (χ0n) is 8.34. The molecule has 0 atom stereocenters. The Labute approximate surface area is 102 Å². The maximum absolute atomic E-state index is 12.5. The Kier molecular flexibility index (Phi) is 3.56. The minimum absolute atomic E-state index is 0.564. The van der Waals surface area contributed by atoms with Crippen molar-refractivity contribution in [2.45, 2.75) is 13.1 Å². The number of halogens is 4. The number of hydrogen-bond acceptors (Lipinski definition) is 3. The second-order valence-electron chi connectivity index (χ2n) is 3.13. The van der Waals surface area contributed by atoms with Crippen LogP contribution in [0.2, 0.25) is 0 Å². The van der Waals surface area contributed by atoms with Crippen LogP contribution in [0.4, 0.5) is 18.9 Å². The maximum Gasteiger partial charge on any atom is 0.417 e. The minimum Gasteiger partial charge on any atom is -0.294 e. The number of carbonyl (C=O) groups is 1. The highest BCUT2D eigenvalue weighted by molar-refractivity contribution is 9.10. The van der Waals surface area contributed by atoms with Gasteiger partial charge in [0.2, 0.25) is 0 Å². The van der Waals surface area contributed by atoms with Gasteiger partial charge in [-0.3, -0.25) is 14.9 Å². The van der Waals surface area contributed by atoms with E-state index in [0.717, 1.165) is 6.92 Å². The number of nitro benzene ring substituents is 1. The Morgan fingerprint density at radius 3 is 2.29 bits per heavy atom. The van der Waals surface area contributed by atoms with E-state index in [1.807, 2.05) is 0 Å². The average Bonchev–Trinajstić information content (AvgIpc) is 2.13. The fourth-order valence-electron chi connectivity index (χ4n) is 1.27. The van der Waals surface area contributed by atoms with Crippen LogP contribution in [0.1, 0.15) is 22.8 Å². The van der Waals surface area contributed by atoms with Gasteiger partial charge in [-0.2, -0.15) is 13.2 Å². The molecule has 0 fully saturated rings. The molecule has 8 heteroatoms. The van der Waals surface area contributed by atoms with Crippen molar-refractivity contribution in [1.29, 1.82) is 0 Å². The van der Waals surface area contributed by atoms with Crippen LogP contribution >= 0.6 is 15.9 Å². The van der Waals surface area contributed by atoms with Crippen molar-refractivity contribution in [1.82, 2.24) is 0 Å². The number of carbonyl (C=O) groups excluding carboxylic acids is 1. The monoisotopic (exact) mass is 311 g/mol. The second-order valence-corrected chi connectivity index (χ2v) is 3.93. The van der Waals surface area contributed by atoms with Crippen LogP contribution in [0.3, 0.4) is 0 Å². The zero-order chi connectivity index (χ0) is 13.4. The fraction of sp³-hybridized carbons (Fsp3) is 0.222. The molecule has 1 aromatic rings. The van der Waals surface area contributed by atoms with Crippen molar-refractivity contribution in [3.63, 3.8) is 0 Å². The number of alkyl halides is 3. The lowest BCUT2D eigenvalue weighted by Gasteiger charge is -2.11. The van der Waals surface area contributed by atoms with E-state index in [4.69, 9.17) is 0 Å². The van der Waals surface area contributed by atoms with E-state index in [-0.39, 0.29) is 0 Å². The van der Waals surface area contributed by atoms with Crippen molar-refractivity contribution < 1.29 is 22.9 Å². The average molecular weight is 312 g/mol. The van der Waals surface area contributed by atoms with Gasteiger partial charge in [-0.05, 0) is 28.9 Å². The number of hydrogen-bond donors (Lipinski definition) is 0. The summed E-state index contributed by atoms with van der Waals surface area (Å²) in [4.78, 5) is 20.9. The third-order valence-electron chi connectivity index (χ3n) is 1.97. The van der Waals surface area contributed by atoms with Gasteiger partial charge in [0.1, 0.15) is 5.56 Å². The number of nitro groups is 1. The summed E-state index contributed by atoms with van der Waals surface area (Å²) in [6, 6.07) is 1.24. The molecule has 1 aromatic carbocycles. The molecule has 92 valence electrons. The van der Waals surface area contributed by atoms with Gasteiger partial charge in [0.25, 0.3) is 5.69 Å². The van der Waals surface area contributed by atoms with E-state index in [1.54, 1.807) is 0 Å². The standard InChI is InChI=1S/C9H5BrF3NO3/c1-4(15)7-6(14(16)17)3-2-5(8(7)10)9(11,12)13/h2-3H,1H3. The zero-order valence-corrected chi connectivity index (χ0v) is 9.92. The van der Waals surface area contributed by atoms with Crippen LogP contribution in [0.15, 0.2) is 16.6 Å². The minimum atomic E-state index is -4.68. The summed E-state index contributed by atoms with van der Waals surface area (Å²) in [6.07, 6.45) is -4.68. The summed E-state index contributed by atoms with van der Waals surface area (Å²) in [7, 11) is 0. The van der Waals surface area contributed by atoms with E-state index in [9.17, 15) is 28.1 Å². The van der Waals surface area contributed by atoms with Crippen molar-refractivity contribution in [2.75, 3.05) is 0 Å². The van der Waals surface area contributed by atoms with Crippen LogP contribution in [-0.4, -0.2) is 10.7 Å². The third-order valence-corrected chi connectivity index (χ3v) is 2.80. The summed E-state index contributed by atoms with van der Waals surface area (Å²) in [5, 5.41) is 10.6. The first-order valence-electron chi connectivity index (χ1n) is 4.21. The molecule has 0 aliphatic rings. The van der Waals surface area contributed by atoms with Gasteiger partial charge < -0.3 is 0 Å². The molecule has 0 saturated heterocycles. The Morgan fingerprint density at radius 1 is 1.41 bits per heavy atom. The number of ketones is 1. The van der Waals surface area contributed by atoms with Gasteiger partial charge in [-0.25, -0.2) is 0 Å². The van der Waals surface area contributed by atoms with Gasteiger partial charge in [0.15, 0.2) is 5.78 Å². The Balaban J connectivity index is 3.61. The highest BCUT2D eigenvalue weighted by Gasteiger charge is 2.36. The third kappa shape index (κ3) is 2.63. The predicted octanol–water partition coefficient (Wildman–Crippen LogP) is 3.58. The Morgan fingerprint density at radius 2 is 1.94 bits per heavy atom. The van der Waals surface area contributed by atoms with Gasteiger partial charge in [-0.15, -0.1) is 0 Å². The highest BCUT2D eigenvalue weighted by atomic mass is 79.9. The SMILES string of the molecule is CC(=O)c1c([N+](=O)[O-])ccc(C(F)(F)F)c1Br. The van der Waals surface area contributed by atoms with Crippen LogP contribution in [0.25, 0.3) is 0 Å². The maximum atomic E-state index is 12.5. The van der Waals surface area contributed by atoms with Crippen molar-refractivity contribution in [2.24, 2.45) is 0 Å². The van der Waals surface area contributed by atoms with Crippen molar-refractivity contribution in [3.8, 4) is 0 Å². The highest BCUT2D eigenvalue weighted by Crippen LogP contribution is 2.39. The summed E-state index contributed by atoms with van der Waals surface area (Å²) in [5.74, 6) is -0.810. The molecule has 0 N–H and O–H groups in total. The lowest BCUT2D eigenvalue weighted by Crippen LogP contribution is -2.10. The molecular formula is C9H5BrF3NO3. The summed E-state index contributed by atoms with van der Waals surface area (Å²) in [6.45, 7) is 0.966. The molecule has 1 rings (SSSR count). The normalized spacial score (nSPS) is 11.4. The van der Waals surface area contributed by atoms with E-state index in [2.05, 4.69) is 15.9 Å². The van der Waals surface area contributed by atoms with Gasteiger partial charge in [-0.1, -0.05) is 0 Å². The Bertz CT molecular complexity index is 499. The number of benzene rings is 1. The molecular weight excluding hydrogens is 307 g/mol.